The number of hydrogen-bond donors (Lipinski definition) is 1. The van der Waals surface area contributed by atoms with E-state index in [0.29, 0.717) is 12.0 Å². The monoisotopic (exact) mass is 240 g/mol. The van der Waals surface area contributed by atoms with Crippen LogP contribution in [-0.4, -0.2) is 40.4 Å². The van der Waals surface area contributed by atoms with Crippen LogP contribution in [0.3, 0.4) is 0 Å². The average molecular weight is 240 g/mol. The zero-order chi connectivity index (χ0) is 11.5. The zero-order valence-electron chi connectivity index (χ0n) is 10.2. The third-order valence-electron chi connectivity index (χ3n) is 3.20. The number of rotatable bonds is 3. The van der Waals surface area contributed by atoms with Gasteiger partial charge >= 0.3 is 0 Å². The Kier molecular flexibility index (Phi) is 3.76. The van der Waals surface area contributed by atoms with Crippen LogP contribution < -0.4 is 5.32 Å². The standard InChI is InChI=1S/C11H20N4S/c1-4-10-13-11(16-14-10)12-9-5-6-15(3)7-8(9)2/h8-9H,4-7H2,1-3H3,(H,12,13,14). The third-order valence-corrected chi connectivity index (χ3v) is 3.89. The summed E-state index contributed by atoms with van der Waals surface area (Å²) < 4.78 is 4.30. The molecule has 0 saturated carbocycles. The van der Waals surface area contributed by atoms with Gasteiger partial charge in [0.15, 0.2) is 0 Å². The zero-order valence-corrected chi connectivity index (χ0v) is 11.0. The van der Waals surface area contributed by atoms with Gasteiger partial charge in [0.1, 0.15) is 5.82 Å². The Morgan fingerprint density at radius 1 is 1.56 bits per heavy atom. The Balaban J connectivity index is 1.93. The SMILES string of the molecule is CCc1nsc(NC2CCN(C)CC2C)n1. The van der Waals surface area contributed by atoms with Crippen molar-refractivity contribution in [2.24, 2.45) is 5.92 Å². The first-order valence-electron chi connectivity index (χ1n) is 5.96. The van der Waals surface area contributed by atoms with Crippen LogP contribution in [0, 0.1) is 5.92 Å². The van der Waals surface area contributed by atoms with Gasteiger partial charge in [0, 0.05) is 30.5 Å². The largest absolute Gasteiger partial charge is 0.357 e. The number of likely N-dealkylation sites (tertiary alicyclic amines) is 1. The van der Waals surface area contributed by atoms with Crippen LogP contribution in [-0.2, 0) is 6.42 Å². The molecule has 0 amide bonds. The molecule has 5 heteroatoms. The van der Waals surface area contributed by atoms with E-state index in [4.69, 9.17) is 0 Å². The Hall–Kier alpha value is -0.680. The van der Waals surface area contributed by atoms with Gasteiger partial charge in [-0.1, -0.05) is 13.8 Å². The minimum absolute atomic E-state index is 0.550. The summed E-state index contributed by atoms with van der Waals surface area (Å²) in [6.45, 7) is 6.72. The maximum atomic E-state index is 4.46. The second-order valence-corrected chi connectivity index (χ2v) is 5.40. The van der Waals surface area contributed by atoms with Gasteiger partial charge < -0.3 is 10.2 Å². The molecule has 4 nitrogen and oxygen atoms in total. The highest BCUT2D eigenvalue weighted by Gasteiger charge is 2.24. The van der Waals surface area contributed by atoms with E-state index >= 15 is 0 Å². The fourth-order valence-corrected chi connectivity index (χ4v) is 2.90. The summed E-state index contributed by atoms with van der Waals surface area (Å²) in [5.41, 5.74) is 0. The van der Waals surface area contributed by atoms with Crippen LogP contribution in [0.25, 0.3) is 0 Å². The van der Waals surface area contributed by atoms with Crippen molar-refractivity contribution in [3.8, 4) is 0 Å². The van der Waals surface area contributed by atoms with E-state index in [-0.39, 0.29) is 0 Å². The lowest BCUT2D eigenvalue weighted by atomic mass is 9.94. The summed E-state index contributed by atoms with van der Waals surface area (Å²) in [4.78, 5) is 6.85. The maximum Gasteiger partial charge on any atom is 0.202 e. The van der Waals surface area contributed by atoms with Crippen molar-refractivity contribution in [2.75, 3.05) is 25.5 Å². The van der Waals surface area contributed by atoms with Crippen LogP contribution in [0.2, 0.25) is 0 Å². The van der Waals surface area contributed by atoms with Crippen molar-refractivity contribution in [2.45, 2.75) is 32.7 Å². The van der Waals surface area contributed by atoms with Crippen LogP contribution in [0.1, 0.15) is 26.1 Å². The van der Waals surface area contributed by atoms with Gasteiger partial charge in [-0.05, 0) is 25.9 Å². The van der Waals surface area contributed by atoms with Gasteiger partial charge in [-0.3, -0.25) is 0 Å². The summed E-state index contributed by atoms with van der Waals surface area (Å²) in [5, 5.41) is 4.51. The van der Waals surface area contributed by atoms with E-state index in [0.717, 1.165) is 23.9 Å². The molecule has 0 aliphatic carbocycles. The molecule has 0 radical (unpaired) electrons. The number of hydrogen-bond acceptors (Lipinski definition) is 5. The molecule has 2 heterocycles. The fourth-order valence-electron chi connectivity index (χ4n) is 2.18. The summed E-state index contributed by atoms with van der Waals surface area (Å²) >= 11 is 1.48. The molecule has 90 valence electrons. The topological polar surface area (TPSA) is 41.1 Å². The fraction of sp³-hybridized carbons (Fsp3) is 0.818. The van der Waals surface area contributed by atoms with E-state index in [1.54, 1.807) is 0 Å². The van der Waals surface area contributed by atoms with E-state index in [1.807, 2.05) is 0 Å². The van der Waals surface area contributed by atoms with Crippen LogP contribution in [0.4, 0.5) is 5.13 Å². The minimum atomic E-state index is 0.550. The van der Waals surface area contributed by atoms with E-state index in [2.05, 4.69) is 40.5 Å². The summed E-state index contributed by atoms with van der Waals surface area (Å²) in [6, 6.07) is 0.550. The van der Waals surface area contributed by atoms with Gasteiger partial charge in [0.25, 0.3) is 0 Å². The Morgan fingerprint density at radius 2 is 2.38 bits per heavy atom. The second kappa shape index (κ2) is 5.10. The highest BCUT2D eigenvalue weighted by Crippen LogP contribution is 2.21. The lowest BCUT2D eigenvalue weighted by Crippen LogP contribution is -2.43. The predicted molar refractivity (Wildman–Crippen MR) is 68.0 cm³/mol. The van der Waals surface area contributed by atoms with Gasteiger partial charge in [-0.25, -0.2) is 4.98 Å². The number of anilines is 1. The van der Waals surface area contributed by atoms with Gasteiger partial charge in [0.2, 0.25) is 5.13 Å². The van der Waals surface area contributed by atoms with Crippen molar-refractivity contribution in [1.29, 1.82) is 0 Å². The molecule has 1 aromatic heterocycles. The van der Waals surface area contributed by atoms with Crippen molar-refractivity contribution < 1.29 is 0 Å². The number of aryl methyl sites for hydroxylation is 1. The molecule has 1 aromatic rings. The molecule has 2 rings (SSSR count). The quantitative estimate of drug-likeness (QED) is 0.875. The normalized spacial score (nSPS) is 26.9. The molecule has 0 bridgehead atoms. The summed E-state index contributed by atoms with van der Waals surface area (Å²) in [6.07, 6.45) is 2.11. The smallest absolute Gasteiger partial charge is 0.202 e. The minimum Gasteiger partial charge on any atom is -0.357 e. The number of piperidine rings is 1. The van der Waals surface area contributed by atoms with Crippen LogP contribution in [0.5, 0.6) is 0 Å². The lowest BCUT2D eigenvalue weighted by molar-refractivity contribution is 0.206. The maximum absolute atomic E-state index is 4.46. The first kappa shape index (κ1) is 11.8. The van der Waals surface area contributed by atoms with Crippen molar-refractivity contribution in [1.82, 2.24) is 14.3 Å². The number of nitrogens with one attached hydrogen (secondary N) is 1. The Morgan fingerprint density at radius 3 is 3.00 bits per heavy atom. The van der Waals surface area contributed by atoms with Gasteiger partial charge in [0.05, 0.1) is 0 Å². The van der Waals surface area contributed by atoms with Crippen molar-refractivity contribution in [3.05, 3.63) is 5.82 Å². The van der Waals surface area contributed by atoms with Crippen molar-refractivity contribution >= 4 is 16.7 Å². The first-order chi connectivity index (χ1) is 7.69. The van der Waals surface area contributed by atoms with Crippen molar-refractivity contribution in [3.63, 3.8) is 0 Å². The molecule has 1 aliphatic heterocycles. The average Bonchev–Trinajstić information content (AvgIpc) is 2.70. The number of nitrogens with zero attached hydrogens (tertiary/aromatic N) is 3. The molecular formula is C11H20N4S. The number of aromatic nitrogens is 2. The molecule has 2 atom stereocenters. The molecule has 1 fully saturated rings. The lowest BCUT2D eigenvalue weighted by Gasteiger charge is -2.34. The van der Waals surface area contributed by atoms with E-state index < -0.39 is 0 Å². The van der Waals surface area contributed by atoms with Crippen LogP contribution in [0.15, 0.2) is 0 Å². The highest BCUT2D eigenvalue weighted by atomic mass is 32.1. The van der Waals surface area contributed by atoms with E-state index in [9.17, 15) is 0 Å². The molecule has 16 heavy (non-hydrogen) atoms. The molecule has 1 aliphatic rings. The molecule has 0 spiro atoms. The highest BCUT2D eigenvalue weighted by molar-refractivity contribution is 7.09. The third kappa shape index (κ3) is 2.71. The molecule has 2 unspecified atom stereocenters. The Bertz CT molecular complexity index is 338. The molecule has 0 aromatic carbocycles. The summed E-state index contributed by atoms with van der Waals surface area (Å²) in [5.74, 6) is 1.63. The molecule has 1 N–H and O–H groups in total. The second-order valence-electron chi connectivity index (χ2n) is 4.65. The van der Waals surface area contributed by atoms with Crippen LogP contribution >= 0.6 is 11.5 Å². The van der Waals surface area contributed by atoms with Gasteiger partial charge in [-0.2, -0.15) is 4.37 Å². The Labute approximate surface area is 101 Å². The predicted octanol–water partition coefficient (Wildman–Crippen LogP) is 1.85. The summed E-state index contributed by atoms with van der Waals surface area (Å²) in [7, 11) is 2.19. The van der Waals surface area contributed by atoms with E-state index in [1.165, 1.54) is 24.5 Å². The molecular weight excluding hydrogens is 220 g/mol. The van der Waals surface area contributed by atoms with Gasteiger partial charge in [-0.15, -0.1) is 0 Å². The first-order valence-corrected chi connectivity index (χ1v) is 6.74. The molecule has 1 saturated heterocycles.